The number of nitrogens with two attached hydrogens (primary N) is 1. The number of nitrogens with one attached hydrogen (secondary N) is 1. The molecule has 138 valence electrons. The number of rotatable bonds is 8. The van der Waals surface area contributed by atoms with Crippen molar-refractivity contribution in [2.45, 2.75) is 66.5 Å². The molecular formula is C17H43N3O2. The molecule has 5 heteroatoms. The van der Waals surface area contributed by atoms with E-state index in [1.807, 2.05) is 19.0 Å². The van der Waals surface area contributed by atoms with Crippen LogP contribution >= 0.6 is 0 Å². The van der Waals surface area contributed by atoms with Gasteiger partial charge in [0.1, 0.15) is 0 Å². The van der Waals surface area contributed by atoms with E-state index in [-0.39, 0.29) is 12.2 Å². The Morgan fingerprint density at radius 3 is 1.82 bits per heavy atom. The maximum Gasteiger partial charge on any atom is 0.0992 e. The Bertz CT molecular complexity index is 205. The quantitative estimate of drug-likeness (QED) is 0.598. The summed E-state index contributed by atoms with van der Waals surface area (Å²) in [5.41, 5.74) is 5.34. The molecule has 0 aromatic carbocycles. The van der Waals surface area contributed by atoms with E-state index in [0.29, 0.717) is 25.9 Å². The third-order valence-electron chi connectivity index (χ3n) is 2.12. The fourth-order valence-electron chi connectivity index (χ4n) is 1.08. The summed E-state index contributed by atoms with van der Waals surface area (Å²) < 4.78 is 5.58. The van der Waals surface area contributed by atoms with Crippen molar-refractivity contribution in [2.24, 2.45) is 11.7 Å². The molecule has 0 heterocycles. The molecule has 0 rings (SSSR count). The molecular weight excluding hydrogens is 278 g/mol. The van der Waals surface area contributed by atoms with Crippen LogP contribution in [-0.2, 0) is 4.74 Å². The molecule has 0 aliphatic rings. The molecule has 0 bridgehead atoms. The van der Waals surface area contributed by atoms with Crippen molar-refractivity contribution in [1.29, 1.82) is 0 Å². The Balaban J connectivity index is -0.000000280. The molecule has 0 radical (unpaired) electrons. The number of ether oxygens (including phenoxy) is 1. The van der Waals surface area contributed by atoms with Gasteiger partial charge in [0.25, 0.3) is 0 Å². The van der Waals surface area contributed by atoms with E-state index in [0.717, 1.165) is 12.3 Å². The van der Waals surface area contributed by atoms with Crippen LogP contribution in [0.2, 0.25) is 0 Å². The van der Waals surface area contributed by atoms with Gasteiger partial charge in [-0.25, -0.2) is 0 Å². The van der Waals surface area contributed by atoms with Crippen LogP contribution in [0.3, 0.4) is 0 Å². The maximum absolute atomic E-state index is 8.25. The van der Waals surface area contributed by atoms with Gasteiger partial charge in [-0.05, 0) is 46.8 Å². The molecule has 0 aliphatic heterocycles. The van der Waals surface area contributed by atoms with E-state index in [9.17, 15) is 0 Å². The van der Waals surface area contributed by atoms with Gasteiger partial charge in [0.2, 0.25) is 0 Å². The Morgan fingerprint density at radius 1 is 1.14 bits per heavy atom. The lowest BCUT2D eigenvalue weighted by Gasteiger charge is -2.26. The van der Waals surface area contributed by atoms with Crippen molar-refractivity contribution >= 4 is 0 Å². The Kier molecular flexibility index (Phi) is 20.8. The third kappa shape index (κ3) is 36.7. The molecule has 4 N–H and O–H groups in total. The average molecular weight is 322 g/mol. The lowest BCUT2D eigenvalue weighted by atomic mass is 10.1. The van der Waals surface area contributed by atoms with Gasteiger partial charge in [-0.1, -0.05) is 34.6 Å². The second kappa shape index (κ2) is 17.2. The summed E-state index contributed by atoms with van der Waals surface area (Å²) in [5.74, 6) is 0.833. The minimum absolute atomic E-state index is 0.0843. The molecule has 22 heavy (non-hydrogen) atoms. The molecule has 0 spiro atoms. The largest absolute Gasteiger partial charge is 0.395 e. The van der Waals surface area contributed by atoms with Crippen LogP contribution in [0.15, 0.2) is 0 Å². The molecule has 0 fully saturated rings. The van der Waals surface area contributed by atoms with Crippen LogP contribution in [0.4, 0.5) is 0 Å². The predicted octanol–water partition coefficient (Wildman–Crippen LogP) is 2.29. The van der Waals surface area contributed by atoms with E-state index in [4.69, 9.17) is 15.6 Å². The van der Waals surface area contributed by atoms with Crippen molar-refractivity contribution in [1.82, 2.24) is 10.2 Å². The molecule has 5 nitrogen and oxygen atoms in total. The van der Waals surface area contributed by atoms with Gasteiger partial charge in [0.15, 0.2) is 0 Å². The first-order chi connectivity index (χ1) is 9.98. The zero-order valence-electron chi connectivity index (χ0n) is 16.6. The van der Waals surface area contributed by atoms with Crippen LogP contribution < -0.4 is 11.1 Å². The highest BCUT2D eigenvalue weighted by Crippen LogP contribution is 2.12. The van der Waals surface area contributed by atoms with Gasteiger partial charge in [0.05, 0.1) is 18.9 Å². The van der Waals surface area contributed by atoms with Crippen LogP contribution in [-0.4, -0.2) is 62.2 Å². The number of nitrogens with zero attached hydrogens (tertiary/aromatic N) is 1. The SMILES string of the molecule is CC(C)C.CC(C)NCCO.CN(C)COC(C)(C)CCN. The summed E-state index contributed by atoms with van der Waals surface area (Å²) >= 11 is 0. The number of aliphatic hydroxyl groups is 1. The number of aliphatic hydroxyl groups excluding tert-OH is 1. The maximum atomic E-state index is 8.25. The van der Waals surface area contributed by atoms with Crippen molar-refractivity contribution in [3.05, 3.63) is 0 Å². The first-order valence-corrected chi connectivity index (χ1v) is 8.31. The average Bonchev–Trinajstić information content (AvgIpc) is 2.34. The van der Waals surface area contributed by atoms with Gasteiger partial charge in [-0.2, -0.15) is 0 Å². The smallest absolute Gasteiger partial charge is 0.0992 e. The molecule has 0 amide bonds. The molecule has 0 saturated carbocycles. The van der Waals surface area contributed by atoms with Crippen LogP contribution in [0, 0.1) is 5.92 Å². The van der Waals surface area contributed by atoms with Crippen molar-refractivity contribution in [3.63, 3.8) is 0 Å². The van der Waals surface area contributed by atoms with Crippen LogP contribution in [0.1, 0.15) is 54.9 Å². The Labute approximate surface area is 139 Å². The molecule has 0 atom stereocenters. The van der Waals surface area contributed by atoms with Crippen LogP contribution in [0.25, 0.3) is 0 Å². The van der Waals surface area contributed by atoms with E-state index in [2.05, 4.69) is 53.8 Å². The summed E-state index contributed by atoms with van der Waals surface area (Å²) in [5, 5.41) is 11.3. The van der Waals surface area contributed by atoms with Crippen molar-refractivity contribution in [3.8, 4) is 0 Å². The normalized spacial score (nSPS) is 11.2. The van der Waals surface area contributed by atoms with Gasteiger partial charge in [0, 0.05) is 12.6 Å². The van der Waals surface area contributed by atoms with Crippen LogP contribution in [0.5, 0.6) is 0 Å². The van der Waals surface area contributed by atoms with Crippen molar-refractivity contribution < 1.29 is 9.84 Å². The fourth-order valence-corrected chi connectivity index (χ4v) is 1.08. The standard InChI is InChI=1S/C8H20N2O.C5H13NO.C4H10/c1-8(2,5-6-9)11-7-10(3)4;1-5(2)6-3-4-7;1-4(2)3/h5-7,9H2,1-4H3;5-7H,3-4H2,1-2H3;4H,1-3H3. The Hall–Kier alpha value is -0.200. The van der Waals surface area contributed by atoms with Crippen molar-refractivity contribution in [2.75, 3.05) is 40.5 Å². The molecule has 0 unspecified atom stereocenters. The fraction of sp³-hybridized carbons (Fsp3) is 1.00. The highest BCUT2D eigenvalue weighted by atomic mass is 16.5. The second-order valence-corrected chi connectivity index (χ2v) is 7.22. The number of hydrogen-bond acceptors (Lipinski definition) is 5. The van der Waals surface area contributed by atoms with Gasteiger partial charge < -0.3 is 20.9 Å². The Morgan fingerprint density at radius 2 is 1.59 bits per heavy atom. The van der Waals surface area contributed by atoms with E-state index in [1.165, 1.54) is 0 Å². The molecule has 0 saturated heterocycles. The zero-order valence-corrected chi connectivity index (χ0v) is 16.6. The van der Waals surface area contributed by atoms with E-state index in [1.54, 1.807) is 0 Å². The molecule has 0 aromatic rings. The lowest BCUT2D eigenvalue weighted by molar-refractivity contribution is -0.0635. The predicted molar refractivity (Wildman–Crippen MR) is 98.1 cm³/mol. The minimum atomic E-state index is -0.0843. The molecule has 0 aliphatic carbocycles. The third-order valence-corrected chi connectivity index (χ3v) is 2.12. The summed E-state index contributed by atoms with van der Waals surface area (Å²) in [7, 11) is 3.97. The zero-order chi connectivity index (χ0) is 18.2. The lowest BCUT2D eigenvalue weighted by Crippen LogP contribution is -2.32. The monoisotopic (exact) mass is 321 g/mol. The van der Waals surface area contributed by atoms with E-state index >= 15 is 0 Å². The number of hydrogen-bond donors (Lipinski definition) is 3. The summed E-state index contributed by atoms with van der Waals surface area (Å²) in [6.45, 7) is 17.0. The second-order valence-electron chi connectivity index (χ2n) is 7.22. The van der Waals surface area contributed by atoms with Gasteiger partial charge in [-0.3, -0.25) is 4.90 Å². The summed E-state index contributed by atoms with van der Waals surface area (Å²) in [6.07, 6.45) is 0.904. The minimum Gasteiger partial charge on any atom is -0.395 e. The van der Waals surface area contributed by atoms with E-state index < -0.39 is 0 Å². The highest BCUT2D eigenvalue weighted by molar-refractivity contribution is 4.68. The first kappa shape index (κ1) is 26.7. The summed E-state index contributed by atoms with van der Waals surface area (Å²) in [4.78, 5) is 2.00. The van der Waals surface area contributed by atoms with Gasteiger partial charge in [-0.15, -0.1) is 0 Å². The molecule has 0 aromatic heterocycles. The summed E-state index contributed by atoms with van der Waals surface area (Å²) in [6, 6.07) is 0.493. The highest BCUT2D eigenvalue weighted by Gasteiger charge is 2.16. The first-order valence-electron chi connectivity index (χ1n) is 8.31. The topological polar surface area (TPSA) is 70.8 Å². The van der Waals surface area contributed by atoms with Gasteiger partial charge >= 0.3 is 0 Å².